The van der Waals surface area contributed by atoms with E-state index < -0.39 is 12.0 Å². The molecule has 0 radical (unpaired) electrons. The van der Waals surface area contributed by atoms with E-state index in [1.165, 1.54) is 41.1 Å². The van der Waals surface area contributed by atoms with Crippen LogP contribution in [0.2, 0.25) is 0 Å². The zero-order valence-electron chi connectivity index (χ0n) is 18.7. The largest absolute Gasteiger partial charge is 0.480 e. The summed E-state index contributed by atoms with van der Waals surface area (Å²) in [4.78, 5) is 25.3. The Hall–Kier alpha value is -2.62. The summed E-state index contributed by atoms with van der Waals surface area (Å²) in [6, 6.07) is 11.8. The highest BCUT2D eigenvalue weighted by Gasteiger charge is 2.32. The lowest BCUT2D eigenvalue weighted by molar-refractivity contribution is -0.141. The third-order valence-corrected chi connectivity index (χ3v) is 6.53. The molecule has 156 valence electrons. The lowest BCUT2D eigenvalue weighted by Gasteiger charge is -2.34. The minimum Gasteiger partial charge on any atom is -0.480 e. The van der Waals surface area contributed by atoms with Crippen LogP contribution >= 0.6 is 0 Å². The predicted molar refractivity (Wildman–Crippen MR) is 118 cm³/mol. The number of hydrogen-bond acceptors (Lipinski definition) is 2. The number of aryl methyl sites for hydroxylation is 3. The Balaban J connectivity index is 2.51. The quantitative estimate of drug-likeness (QED) is 0.695. The maximum atomic E-state index is 12.8. The van der Waals surface area contributed by atoms with Crippen LogP contribution in [0.1, 0.15) is 71.8 Å². The van der Waals surface area contributed by atoms with Crippen molar-refractivity contribution in [3.8, 4) is 0 Å². The zero-order valence-corrected chi connectivity index (χ0v) is 18.7. The summed E-state index contributed by atoms with van der Waals surface area (Å²) >= 11 is 0. The van der Waals surface area contributed by atoms with Gasteiger partial charge in [0, 0.05) is 18.0 Å². The first-order valence-corrected chi connectivity index (χ1v) is 10.3. The van der Waals surface area contributed by atoms with Crippen LogP contribution in [0.4, 0.5) is 0 Å². The van der Waals surface area contributed by atoms with Gasteiger partial charge in [-0.05, 0) is 74.4 Å². The first-order chi connectivity index (χ1) is 13.6. The van der Waals surface area contributed by atoms with Gasteiger partial charge in [-0.1, -0.05) is 44.2 Å². The van der Waals surface area contributed by atoms with Gasteiger partial charge >= 0.3 is 5.97 Å². The van der Waals surface area contributed by atoms with Crippen LogP contribution < -0.4 is 0 Å². The fourth-order valence-corrected chi connectivity index (χ4v) is 4.01. The molecule has 4 nitrogen and oxygen atoms in total. The number of rotatable bonds is 7. The standard InChI is InChI=1S/C25H33NO3/c1-8-25(9-2,20-11-10-16(3)17(4)14-20)21-12-13-22(18(5)15-21)23(27)26(7)19(6)24(28)29/h10-15,19H,8-9H2,1-7H3,(H,28,29). The molecular weight excluding hydrogens is 362 g/mol. The molecule has 0 saturated heterocycles. The number of carbonyl (C=O) groups is 2. The van der Waals surface area contributed by atoms with Gasteiger partial charge in [-0.25, -0.2) is 4.79 Å². The highest BCUT2D eigenvalue weighted by Crippen LogP contribution is 2.40. The number of hydrogen-bond donors (Lipinski definition) is 1. The molecule has 4 heteroatoms. The zero-order chi connectivity index (χ0) is 21.9. The number of amides is 1. The van der Waals surface area contributed by atoms with E-state index in [-0.39, 0.29) is 11.3 Å². The molecule has 0 bridgehead atoms. The topological polar surface area (TPSA) is 57.6 Å². The number of carboxylic acids is 1. The SMILES string of the molecule is CCC(CC)(c1ccc(C)c(C)c1)c1ccc(C(=O)N(C)C(C)C(=O)O)c(C)c1. The Morgan fingerprint density at radius 2 is 1.45 bits per heavy atom. The Kier molecular flexibility index (Phi) is 6.89. The summed E-state index contributed by atoms with van der Waals surface area (Å²) in [5, 5.41) is 9.21. The molecule has 0 saturated carbocycles. The van der Waals surface area contributed by atoms with Crippen molar-refractivity contribution in [3.05, 3.63) is 69.8 Å². The van der Waals surface area contributed by atoms with Crippen LogP contribution in [0.3, 0.4) is 0 Å². The van der Waals surface area contributed by atoms with Crippen LogP contribution in [0.15, 0.2) is 36.4 Å². The molecule has 2 aromatic carbocycles. The predicted octanol–water partition coefficient (Wildman–Crippen LogP) is 5.26. The van der Waals surface area contributed by atoms with Crippen LogP contribution in [-0.2, 0) is 10.2 Å². The molecule has 0 aliphatic rings. The van der Waals surface area contributed by atoms with Gasteiger partial charge in [0.25, 0.3) is 5.91 Å². The average molecular weight is 396 g/mol. The van der Waals surface area contributed by atoms with Gasteiger partial charge in [0.2, 0.25) is 0 Å². The third-order valence-electron chi connectivity index (χ3n) is 6.53. The second kappa shape index (κ2) is 8.81. The van der Waals surface area contributed by atoms with Crippen molar-refractivity contribution >= 4 is 11.9 Å². The Bertz CT molecular complexity index is 912. The summed E-state index contributed by atoms with van der Waals surface area (Å²) in [5.74, 6) is -1.28. The lowest BCUT2D eigenvalue weighted by atomic mass is 9.69. The number of aliphatic carboxylic acids is 1. The van der Waals surface area contributed by atoms with E-state index in [0.717, 1.165) is 18.4 Å². The van der Waals surface area contributed by atoms with Crippen LogP contribution in [0.5, 0.6) is 0 Å². The second-order valence-electron chi connectivity index (χ2n) is 8.05. The first kappa shape index (κ1) is 22.7. The highest BCUT2D eigenvalue weighted by molar-refractivity contribution is 5.97. The normalized spacial score (nSPS) is 12.5. The van der Waals surface area contributed by atoms with Gasteiger partial charge in [-0.15, -0.1) is 0 Å². The van der Waals surface area contributed by atoms with Crippen molar-refractivity contribution in [1.29, 1.82) is 0 Å². The molecule has 1 unspecified atom stereocenters. The van der Waals surface area contributed by atoms with Gasteiger partial charge in [0.1, 0.15) is 6.04 Å². The molecule has 29 heavy (non-hydrogen) atoms. The van der Waals surface area contributed by atoms with E-state index in [2.05, 4.69) is 52.0 Å². The number of carboxylic acid groups (broad SMARTS) is 1. The Morgan fingerprint density at radius 3 is 1.90 bits per heavy atom. The number of likely N-dealkylation sites (N-methyl/N-ethyl adjacent to an activating group) is 1. The summed E-state index contributed by atoms with van der Waals surface area (Å²) < 4.78 is 0. The van der Waals surface area contributed by atoms with E-state index >= 15 is 0 Å². The summed E-state index contributed by atoms with van der Waals surface area (Å²) in [6.07, 6.45) is 1.91. The molecule has 0 aliphatic carbocycles. The van der Waals surface area contributed by atoms with Crippen molar-refractivity contribution in [3.63, 3.8) is 0 Å². The van der Waals surface area contributed by atoms with Gasteiger partial charge in [-0.2, -0.15) is 0 Å². The first-order valence-electron chi connectivity index (χ1n) is 10.3. The molecular formula is C25H33NO3. The third kappa shape index (κ3) is 4.21. The highest BCUT2D eigenvalue weighted by atomic mass is 16.4. The van der Waals surface area contributed by atoms with Gasteiger partial charge < -0.3 is 10.0 Å². The van der Waals surface area contributed by atoms with Crippen LogP contribution in [-0.4, -0.2) is 35.0 Å². The van der Waals surface area contributed by atoms with Crippen LogP contribution in [0, 0.1) is 20.8 Å². The van der Waals surface area contributed by atoms with E-state index in [0.29, 0.717) is 5.56 Å². The van der Waals surface area contributed by atoms with Crippen molar-refractivity contribution in [2.45, 2.75) is 65.8 Å². The van der Waals surface area contributed by atoms with Crippen molar-refractivity contribution < 1.29 is 14.7 Å². The molecule has 0 aromatic heterocycles. The van der Waals surface area contributed by atoms with E-state index in [1.807, 2.05) is 19.1 Å². The number of carbonyl (C=O) groups excluding carboxylic acids is 1. The summed E-state index contributed by atoms with van der Waals surface area (Å²) in [5.41, 5.74) is 6.33. The van der Waals surface area contributed by atoms with Crippen molar-refractivity contribution in [2.75, 3.05) is 7.05 Å². The Morgan fingerprint density at radius 1 is 0.931 bits per heavy atom. The van der Waals surface area contributed by atoms with Crippen molar-refractivity contribution in [2.24, 2.45) is 0 Å². The molecule has 0 aliphatic heterocycles. The minimum absolute atomic E-state index is 0.120. The summed E-state index contributed by atoms with van der Waals surface area (Å²) in [6.45, 7) is 12.1. The fourth-order valence-electron chi connectivity index (χ4n) is 4.01. The van der Waals surface area contributed by atoms with E-state index in [9.17, 15) is 14.7 Å². The van der Waals surface area contributed by atoms with Gasteiger partial charge in [0.05, 0.1) is 0 Å². The summed E-state index contributed by atoms with van der Waals surface area (Å²) in [7, 11) is 1.53. The Labute approximate surface area is 174 Å². The molecule has 2 rings (SSSR count). The molecule has 1 atom stereocenters. The lowest BCUT2D eigenvalue weighted by Crippen LogP contribution is -2.40. The fraction of sp³-hybridized carbons (Fsp3) is 0.440. The number of benzene rings is 2. The molecule has 0 spiro atoms. The minimum atomic E-state index is -1.01. The monoisotopic (exact) mass is 395 g/mol. The number of nitrogens with zero attached hydrogens (tertiary/aromatic N) is 1. The van der Waals surface area contributed by atoms with Crippen molar-refractivity contribution in [1.82, 2.24) is 4.90 Å². The van der Waals surface area contributed by atoms with E-state index in [4.69, 9.17) is 0 Å². The molecule has 0 fully saturated rings. The second-order valence-corrected chi connectivity index (χ2v) is 8.05. The van der Waals surface area contributed by atoms with Gasteiger partial charge in [0.15, 0.2) is 0 Å². The molecule has 0 heterocycles. The molecule has 1 amide bonds. The molecule has 1 N–H and O–H groups in total. The maximum absolute atomic E-state index is 12.8. The van der Waals surface area contributed by atoms with E-state index in [1.54, 1.807) is 0 Å². The smallest absolute Gasteiger partial charge is 0.326 e. The van der Waals surface area contributed by atoms with Crippen LogP contribution in [0.25, 0.3) is 0 Å². The average Bonchev–Trinajstić information content (AvgIpc) is 2.70. The maximum Gasteiger partial charge on any atom is 0.326 e. The molecule has 2 aromatic rings. The van der Waals surface area contributed by atoms with Gasteiger partial charge in [-0.3, -0.25) is 4.79 Å².